The number of hydrogen-bond acceptors (Lipinski definition) is 4. The molecular weight excluding hydrogens is 208 g/mol. The second-order valence-electron chi connectivity index (χ2n) is 3.88. The highest BCUT2D eigenvalue weighted by Crippen LogP contribution is 2.41. The quantitative estimate of drug-likeness (QED) is 0.853. The average Bonchev–Trinajstić information content (AvgIpc) is 2.74. The van der Waals surface area contributed by atoms with Gasteiger partial charge in [-0.2, -0.15) is 0 Å². The SMILES string of the molecule is CCC(C)OCc1cc(O)c2c(c1)OCO2. The third kappa shape index (κ3) is 2.22. The lowest BCUT2D eigenvalue weighted by Crippen LogP contribution is -2.05. The van der Waals surface area contributed by atoms with E-state index in [4.69, 9.17) is 14.2 Å². The van der Waals surface area contributed by atoms with Gasteiger partial charge in [-0.1, -0.05) is 6.92 Å². The predicted octanol–water partition coefficient (Wildman–Crippen LogP) is 2.44. The van der Waals surface area contributed by atoms with Gasteiger partial charge in [0.1, 0.15) is 0 Å². The fourth-order valence-electron chi connectivity index (χ4n) is 1.49. The highest BCUT2D eigenvalue weighted by molar-refractivity contribution is 5.54. The number of benzene rings is 1. The van der Waals surface area contributed by atoms with Crippen LogP contribution in [-0.2, 0) is 11.3 Å². The molecule has 4 heteroatoms. The minimum Gasteiger partial charge on any atom is -0.504 e. The van der Waals surface area contributed by atoms with Crippen LogP contribution in [-0.4, -0.2) is 18.0 Å². The highest BCUT2D eigenvalue weighted by atomic mass is 16.7. The first kappa shape index (κ1) is 11.1. The minimum absolute atomic E-state index is 0.109. The van der Waals surface area contributed by atoms with Gasteiger partial charge in [0.2, 0.25) is 12.5 Å². The molecule has 0 saturated heterocycles. The second kappa shape index (κ2) is 4.61. The van der Waals surface area contributed by atoms with Crippen molar-refractivity contribution in [3.63, 3.8) is 0 Å². The zero-order valence-electron chi connectivity index (χ0n) is 9.53. The predicted molar refractivity (Wildman–Crippen MR) is 58.8 cm³/mol. The molecule has 1 unspecified atom stereocenters. The first-order valence-electron chi connectivity index (χ1n) is 5.43. The van der Waals surface area contributed by atoms with Gasteiger partial charge in [-0.25, -0.2) is 0 Å². The molecule has 1 heterocycles. The highest BCUT2D eigenvalue weighted by Gasteiger charge is 2.19. The molecule has 1 N–H and O–H groups in total. The van der Waals surface area contributed by atoms with Gasteiger partial charge in [0.25, 0.3) is 0 Å². The van der Waals surface area contributed by atoms with E-state index in [0.717, 1.165) is 12.0 Å². The molecule has 0 spiro atoms. The van der Waals surface area contributed by atoms with Crippen LogP contribution in [0.25, 0.3) is 0 Å². The zero-order valence-corrected chi connectivity index (χ0v) is 9.53. The van der Waals surface area contributed by atoms with Crippen molar-refractivity contribution in [1.29, 1.82) is 0 Å². The topological polar surface area (TPSA) is 47.9 Å². The van der Waals surface area contributed by atoms with Gasteiger partial charge in [0, 0.05) is 0 Å². The molecule has 1 aromatic carbocycles. The Labute approximate surface area is 94.8 Å². The van der Waals surface area contributed by atoms with Crippen molar-refractivity contribution in [3.8, 4) is 17.2 Å². The van der Waals surface area contributed by atoms with Crippen LogP contribution in [0.5, 0.6) is 17.2 Å². The van der Waals surface area contributed by atoms with Gasteiger partial charge in [-0.05, 0) is 31.0 Å². The maximum Gasteiger partial charge on any atom is 0.231 e. The van der Waals surface area contributed by atoms with Crippen molar-refractivity contribution in [3.05, 3.63) is 17.7 Å². The molecule has 1 atom stereocenters. The van der Waals surface area contributed by atoms with Crippen molar-refractivity contribution in [2.45, 2.75) is 33.0 Å². The summed E-state index contributed by atoms with van der Waals surface area (Å²) in [6.07, 6.45) is 1.18. The molecule has 0 bridgehead atoms. The molecule has 0 radical (unpaired) electrons. The van der Waals surface area contributed by atoms with E-state index in [-0.39, 0.29) is 18.6 Å². The van der Waals surface area contributed by atoms with Crippen LogP contribution in [0, 0.1) is 0 Å². The molecule has 4 nitrogen and oxygen atoms in total. The minimum atomic E-state index is 0.109. The van der Waals surface area contributed by atoms with Crippen LogP contribution < -0.4 is 9.47 Å². The molecule has 0 saturated carbocycles. The Morgan fingerprint density at radius 1 is 1.44 bits per heavy atom. The molecule has 1 aromatic rings. The van der Waals surface area contributed by atoms with Gasteiger partial charge in [0.15, 0.2) is 11.5 Å². The lowest BCUT2D eigenvalue weighted by atomic mass is 10.2. The lowest BCUT2D eigenvalue weighted by molar-refractivity contribution is 0.0507. The molecular formula is C12H16O4. The largest absolute Gasteiger partial charge is 0.504 e. The zero-order chi connectivity index (χ0) is 11.5. The van der Waals surface area contributed by atoms with E-state index in [1.54, 1.807) is 6.07 Å². The van der Waals surface area contributed by atoms with Crippen molar-refractivity contribution in [2.75, 3.05) is 6.79 Å². The number of rotatable bonds is 4. The Kier molecular flexibility index (Phi) is 3.19. The Hall–Kier alpha value is -1.42. The number of phenolic OH excluding ortho intramolecular Hbond substituents is 1. The second-order valence-corrected chi connectivity index (χ2v) is 3.88. The van der Waals surface area contributed by atoms with E-state index in [9.17, 15) is 5.11 Å². The molecule has 16 heavy (non-hydrogen) atoms. The summed E-state index contributed by atoms with van der Waals surface area (Å²) in [4.78, 5) is 0. The van der Waals surface area contributed by atoms with Gasteiger partial charge in [-0.3, -0.25) is 0 Å². The Morgan fingerprint density at radius 2 is 2.25 bits per heavy atom. The Morgan fingerprint density at radius 3 is 3.00 bits per heavy atom. The van der Waals surface area contributed by atoms with E-state index < -0.39 is 0 Å². The van der Waals surface area contributed by atoms with Crippen molar-refractivity contribution in [2.24, 2.45) is 0 Å². The van der Waals surface area contributed by atoms with Crippen molar-refractivity contribution < 1.29 is 19.3 Å². The van der Waals surface area contributed by atoms with E-state index in [2.05, 4.69) is 6.92 Å². The summed E-state index contributed by atoms with van der Waals surface area (Å²) in [5.41, 5.74) is 0.891. The summed E-state index contributed by atoms with van der Waals surface area (Å²) in [6, 6.07) is 3.49. The number of aromatic hydroxyl groups is 1. The molecule has 1 aliphatic rings. The summed E-state index contributed by atoms with van der Waals surface area (Å²) in [6.45, 7) is 4.73. The van der Waals surface area contributed by atoms with Crippen molar-refractivity contribution in [1.82, 2.24) is 0 Å². The molecule has 0 fully saturated rings. The normalized spacial score (nSPS) is 15.1. The summed E-state index contributed by atoms with van der Waals surface area (Å²) in [5.74, 6) is 1.12. The van der Waals surface area contributed by atoms with Crippen molar-refractivity contribution >= 4 is 0 Å². The third-order valence-corrected chi connectivity index (χ3v) is 2.62. The molecule has 0 aromatic heterocycles. The van der Waals surface area contributed by atoms with Crippen LogP contribution in [0.15, 0.2) is 12.1 Å². The molecule has 1 aliphatic heterocycles. The Balaban J connectivity index is 2.08. The standard InChI is InChI=1S/C12H16O4/c1-3-8(2)14-6-9-4-10(13)12-11(5-9)15-7-16-12/h4-5,8,13H,3,6-7H2,1-2H3. The summed E-state index contributed by atoms with van der Waals surface area (Å²) >= 11 is 0. The number of hydrogen-bond donors (Lipinski definition) is 1. The monoisotopic (exact) mass is 224 g/mol. The lowest BCUT2D eigenvalue weighted by Gasteiger charge is -2.11. The number of ether oxygens (including phenoxy) is 3. The Bertz CT molecular complexity index is 376. The van der Waals surface area contributed by atoms with E-state index in [1.165, 1.54) is 0 Å². The summed E-state index contributed by atoms with van der Waals surface area (Å²) < 4.78 is 15.9. The molecule has 2 rings (SSSR count). The van der Waals surface area contributed by atoms with Gasteiger partial charge in [0.05, 0.1) is 12.7 Å². The smallest absolute Gasteiger partial charge is 0.231 e. The average molecular weight is 224 g/mol. The molecule has 0 amide bonds. The van der Waals surface area contributed by atoms with Gasteiger partial charge in [-0.15, -0.1) is 0 Å². The van der Waals surface area contributed by atoms with Gasteiger partial charge < -0.3 is 19.3 Å². The van der Waals surface area contributed by atoms with Crippen LogP contribution in [0.1, 0.15) is 25.8 Å². The molecule has 88 valence electrons. The summed E-state index contributed by atoms with van der Waals surface area (Å²) in [5, 5.41) is 9.67. The molecule has 0 aliphatic carbocycles. The maximum absolute atomic E-state index is 9.67. The van der Waals surface area contributed by atoms with E-state index in [0.29, 0.717) is 18.1 Å². The van der Waals surface area contributed by atoms with Crippen LogP contribution in [0.3, 0.4) is 0 Å². The van der Waals surface area contributed by atoms with E-state index >= 15 is 0 Å². The fourth-order valence-corrected chi connectivity index (χ4v) is 1.49. The first-order chi connectivity index (χ1) is 7.70. The van der Waals surface area contributed by atoms with Crippen LogP contribution >= 0.6 is 0 Å². The fraction of sp³-hybridized carbons (Fsp3) is 0.500. The van der Waals surface area contributed by atoms with E-state index in [1.807, 2.05) is 13.0 Å². The van der Waals surface area contributed by atoms with Crippen LogP contribution in [0.2, 0.25) is 0 Å². The van der Waals surface area contributed by atoms with Crippen LogP contribution in [0.4, 0.5) is 0 Å². The summed E-state index contributed by atoms with van der Waals surface area (Å²) in [7, 11) is 0. The maximum atomic E-state index is 9.67. The number of phenols is 1. The van der Waals surface area contributed by atoms with Gasteiger partial charge >= 0.3 is 0 Å². The third-order valence-electron chi connectivity index (χ3n) is 2.62. The first-order valence-corrected chi connectivity index (χ1v) is 5.43. The number of fused-ring (bicyclic) bond motifs is 1.